The van der Waals surface area contributed by atoms with E-state index in [0.29, 0.717) is 5.69 Å². The summed E-state index contributed by atoms with van der Waals surface area (Å²) >= 11 is 0. The Balaban J connectivity index is 0.00000180. The average molecular weight is 286 g/mol. The van der Waals surface area contributed by atoms with Crippen LogP contribution in [-0.2, 0) is 4.79 Å². The minimum atomic E-state index is -0.472. The summed E-state index contributed by atoms with van der Waals surface area (Å²) in [5, 5.41) is 16.5. The molecule has 6 nitrogen and oxygen atoms in total. The molecule has 1 amide bonds. The first kappa shape index (κ1) is 15.4. The standard InChI is InChI=1S/C12H15N3O3.ClH/c16-12(9-4-6-13-7-5-9)14-10-2-1-3-11(8-10)15(17)18;/h1-3,8-9,13H,4-7H2,(H,14,16);1H. The fourth-order valence-electron chi connectivity index (χ4n) is 2.03. The molecule has 1 saturated heterocycles. The smallest absolute Gasteiger partial charge is 0.271 e. The number of nitro benzene ring substituents is 1. The van der Waals surface area contributed by atoms with E-state index in [4.69, 9.17) is 0 Å². The third kappa shape index (κ3) is 4.18. The van der Waals surface area contributed by atoms with Crippen molar-refractivity contribution in [3.8, 4) is 0 Å². The van der Waals surface area contributed by atoms with Crippen molar-refractivity contribution in [3.05, 3.63) is 34.4 Å². The van der Waals surface area contributed by atoms with Crippen molar-refractivity contribution in [1.82, 2.24) is 5.32 Å². The molecular formula is C12H16ClN3O3. The Morgan fingerprint density at radius 2 is 2.05 bits per heavy atom. The van der Waals surface area contributed by atoms with Gasteiger partial charge in [-0.15, -0.1) is 12.4 Å². The fraction of sp³-hybridized carbons (Fsp3) is 0.417. The molecule has 2 rings (SSSR count). The van der Waals surface area contributed by atoms with Gasteiger partial charge in [0.2, 0.25) is 5.91 Å². The number of non-ortho nitro benzene ring substituents is 1. The van der Waals surface area contributed by atoms with Gasteiger partial charge in [-0.05, 0) is 32.0 Å². The summed E-state index contributed by atoms with van der Waals surface area (Å²) in [5.74, 6) is -0.0671. The number of benzene rings is 1. The van der Waals surface area contributed by atoms with Crippen LogP contribution in [0.3, 0.4) is 0 Å². The SMILES string of the molecule is Cl.O=C(Nc1cccc([N+](=O)[O-])c1)C1CCNCC1. The average Bonchev–Trinajstić information content (AvgIpc) is 2.40. The Kier molecular flexibility index (Phi) is 5.72. The van der Waals surface area contributed by atoms with Crippen LogP contribution >= 0.6 is 12.4 Å². The van der Waals surface area contributed by atoms with E-state index >= 15 is 0 Å². The molecular weight excluding hydrogens is 270 g/mol. The molecule has 1 aromatic carbocycles. The Labute approximate surface area is 117 Å². The van der Waals surface area contributed by atoms with Gasteiger partial charge in [0, 0.05) is 23.7 Å². The van der Waals surface area contributed by atoms with Crippen molar-refractivity contribution in [2.24, 2.45) is 5.92 Å². The van der Waals surface area contributed by atoms with E-state index in [-0.39, 0.29) is 29.9 Å². The monoisotopic (exact) mass is 285 g/mol. The maximum atomic E-state index is 11.9. The van der Waals surface area contributed by atoms with E-state index in [9.17, 15) is 14.9 Å². The van der Waals surface area contributed by atoms with Crippen LogP contribution in [0.25, 0.3) is 0 Å². The number of hydrogen-bond donors (Lipinski definition) is 2. The van der Waals surface area contributed by atoms with Crippen molar-refractivity contribution in [2.75, 3.05) is 18.4 Å². The molecule has 7 heteroatoms. The Morgan fingerprint density at radius 1 is 1.37 bits per heavy atom. The largest absolute Gasteiger partial charge is 0.326 e. The molecule has 1 aromatic rings. The second-order valence-corrected chi connectivity index (χ2v) is 4.32. The van der Waals surface area contributed by atoms with Crippen LogP contribution in [0.4, 0.5) is 11.4 Å². The van der Waals surface area contributed by atoms with Gasteiger partial charge in [0.15, 0.2) is 0 Å². The first-order valence-electron chi connectivity index (χ1n) is 5.93. The van der Waals surface area contributed by atoms with E-state index in [0.717, 1.165) is 25.9 Å². The van der Waals surface area contributed by atoms with Crippen LogP contribution in [0.5, 0.6) is 0 Å². The van der Waals surface area contributed by atoms with E-state index in [1.807, 2.05) is 0 Å². The molecule has 0 atom stereocenters. The number of piperidine rings is 1. The van der Waals surface area contributed by atoms with Gasteiger partial charge < -0.3 is 10.6 Å². The number of anilines is 1. The van der Waals surface area contributed by atoms with Gasteiger partial charge in [-0.3, -0.25) is 14.9 Å². The molecule has 19 heavy (non-hydrogen) atoms. The number of rotatable bonds is 3. The van der Waals surface area contributed by atoms with Gasteiger partial charge in [0.1, 0.15) is 0 Å². The number of hydrogen-bond acceptors (Lipinski definition) is 4. The number of halogens is 1. The van der Waals surface area contributed by atoms with Gasteiger partial charge in [-0.1, -0.05) is 6.07 Å². The lowest BCUT2D eigenvalue weighted by Gasteiger charge is -2.21. The number of carbonyl (C=O) groups is 1. The predicted molar refractivity (Wildman–Crippen MR) is 74.6 cm³/mol. The van der Waals surface area contributed by atoms with Crippen molar-refractivity contribution >= 4 is 29.7 Å². The number of nitrogens with zero attached hydrogens (tertiary/aromatic N) is 1. The summed E-state index contributed by atoms with van der Waals surface area (Å²) < 4.78 is 0. The van der Waals surface area contributed by atoms with Crippen molar-refractivity contribution in [2.45, 2.75) is 12.8 Å². The molecule has 1 aliphatic heterocycles. The summed E-state index contributed by atoms with van der Waals surface area (Å²) in [6, 6.07) is 6.00. The third-order valence-electron chi connectivity index (χ3n) is 3.03. The second kappa shape index (κ2) is 7.06. The summed E-state index contributed by atoms with van der Waals surface area (Å²) in [7, 11) is 0. The van der Waals surface area contributed by atoms with Gasteiger partial charge >= 0.3 is 0 Å². The Hall–Kier alpha value is -1.66. The molecule has 0 radical (unpaired) electrons. The van der Waals surface area contributed by atoms with Crippen LogP contribution in [0.2, 0.25) is 0 Å². The molecule has 104 valence electrons. The highest BCUT2D eigenvalue weighted by molar-refractivity contribution is 5.92. The second-order valence-electron chi connectivity index (χ2n) is 4.32. The van der Waals surface area contributed by atoms with Crippen molar-refractivity contribution in [1.29, 1.82) is 0 Å². The van der Waals surface area contributed by atoms with Crippen LogP contribution in [0, 0.1) is 16.0 Å². The van der Waals surface area contributed by atoms with Gasteiger partial charge in [0.25, 0.3) is 5.69 Å². The summed E-state index contributed by atoms with van der Waals surface area (Å²) in [5.41, 5.74) is 0.464. The minimum absolute atomic E-state index is 0. The Bertz CT molecular complexity index is 461. The lowest BCUT2D eigenvalue weighted by atomic mass is 9.97. The lowest BCUT2D eigenvalue weighted by Crippen LogP contribution is -2.34. The molecule has 2 N–H and O–H groups in total. The van der Waals surface area contributed by atoms with E-state index < -0.39 is 4.92 Å². The minimum Gasteiger partial charge on any atom is -0.326 e. The topological polar surface area (TPSA) is 84.3 Å². The van der Waals surface area contributed by atoms with Crippen LogP contribution < -0.4 is 10.6 Å². The zero-order chi connectivity index (χ0) is 13.0. The van der Waals surface area contributed by atoms with E-state index in [1.165, 1.54) is 12.1 Å². The number of nitro groups is 1. The molecule has 1 aliphatic rings. The van der Waals surface area contributed by atoms with Gasteiger partial charge in [0.05, 0.1) is 4.92 Å². The number of nitrogens with one attached hydrogen (secondary N) is 2. The van der Waals surface area contributed by atoms with E-state index in [2.05, 4.69) is 10.6 Å². The molecule has 1 heterocycles. The summed E-state index contributed by atoms with van der Waals surface area (Å²) in [6.45, 7) is 1.68. The number of amides is 1. The number of carbonyl (C=O) groups excluding carboxylic acids is 1. The normalized spacial score (nSPS) is 15.4. The van der Waals surface area contributed by atoms with Crippen molar-refractivity contribution in [3.63, 3.8) is 0 Å². The van der Waals surface area contributed by atoms with Gasteiger partial charge in [-0.25, -0.2) is 0 Å². The highest BCUT2D eigenvalue weighted by atomic mass is 35.5. The maximum absolute atomic E-state index is 11.9. The van der Waals surface area contributed by atoms with Crippen molar-refractivity contribution < 1.29 is 9.72 Å². The quantitative estimate of drug-likeness (QED) is 0.657. The highest BCUT2D eigenvalue weighted by Crippen LogP contribution is 2.19. The fourth-order valence-corrected chi connectivity index (χ4v) is 2.03. The summed E-state index contributed by atoms with van der Waals surface area (Å²) in [4.78, 5) is 22.1. The lowest BCUT2D eigenvalue weighted by molar-refractivity contribution is -0.384. The molecule has 0 saturated carbocycles. The molecule has 0 aromatic heterocycles. The molecule has 1 fully saturated rings. The maximum Gasteiger partial charge on any atom is 0.271 e. The van der Waals surface area contributed by atoms with Crippen LogP contribution in [0.15, 0.2) is 24.3 Å². The molecule has 0 spiro atoms. The van der Waals surface area contributed by atoms with Crippen LogP contribution in [0.1, 0.15) is 12.8 Å². The summed E-state index contributed by atoms with van der Waals surface area (Å²) in [6.07, 6.45) is 1.61. The first-order chi connectivity index (χ1) is 8.66. The van der Waals surface area contributed by atoms with E-state index in [1.54, 1.807) is 12.1 Å². The highest BCUT2D eigenvalue weighted by Gasteiger charge is 2.21. The molecule has 0 unspecified atom stereocenters. The van der Waals surface area contributed by atoms with Crippen LogP contribution in [-0.4, -0.2) is 23.9 Å². The van der Waals surface area contributed by atoms with Gasteiger partial charge in [-0.2, -0.15) is 0 Å². The molecule has 0 bridgehead atoms. The predicted octanol–water partition coefficient (Wildman–Crippen LogP) is 1.95. The third-order valence-corrected chi connectivity index (χ3v) is 3.03. The Morgan fingerprint density at radius 3 is 2.68 bits per heavy atom. The zero-order valence-electron chi connectivity index (χ0n) is 10.3. The molecule has 0 aliphatic carbocycles. The zero-order valence-corrected chi connectivity index (χ0v) is 11.1. The first-order valence-corrected chi connectivity index (χ1v) is 5.93.